The van der Waals surface area contributed by atoms with Gasteiger partial charge < -0.3 is 10.2 Å². The minimum absolute atomic E-state index is 0.0523. The molecule has 6 heteroatoms. The number of hydrogen-bond donors (Lipinski definition) is 1. The Morgan fingerprint density at radius 2 is 1.52 bits per heavy atom. The number of hydrogen-bond acceptors (Lipinski definition) is 4. The summed E-state index contributed by atoms with van der Waals surface area (Å²) in [5, 5.41) is 2.96. The number of nitrogens with zero attached hydrogens (tertiary/aromatic N) is 3. The van der Waals surface area contributed by atoms with Gasteiger partial charge in [0.15, 0.2) is 0 Å². The molecule has 1 N–H and O–H groups in total. The largest absolute Gasteiger partial charge is 0.351 e. The van der Waals surface area contributed by atoms with Crippen LogP contribution in [0.1, 0.15) is 19.4 Å². The Balaban J connectivity index is 1.66. The lowest BCUT2D eigenvalue weighted by Gasteiger charge is -2.34. The fourth-order valence-corrected chi connectivity index (χ4v) is 3.03. The summed E-state index contributed by atoms with van der Waals surface area (Å²) in [5.41, 5.74) is 1.11. The molecule has 1 aliphatic heterocycles. The second-order valence-electron chi connectivity index (χ2n) is 6.38. The molecule has 25 heavy (non-hydrogen) atoms. The zero-order valence-electron chi connectivity index (χ0n) is 15.4. The van der Waals surface area contributed by atoms with E-state index in [4.69, 9.17) is 0 Å². The van der Waals surface area contributed by atoms with Gasteiger partial charge >= 0.3 is 0 Å². The molecular weight excluding hydrogens is 316 g/mol. The Kier molecular flexibility index (Phi) is 7.88. The zero-order chi connectivity index (χ0) is 18.1. The van der Waals surface area contributed by atoms with Gasteiger partial charge in [0.2, 0.25) is 11.8 Å². The van der Waals surface area contributed by atoms with Gasteiger partial charge in [-0.25, -0.2) is 0 Å². The van der Waals surface area contributed by atoms with Crippen molar-refractivity contribution in [1.29, 1.82) is 0 Å². The highest BCUT2D eigenvalue weighted by Gasteiger charge is 2.21. The Morgan fingerprint density at radius 1 is 0.960 bits per heavy atom. The van der Waals surface area contributed by atoms with Crippen molar-refractivity contribution in [1.82, 2.24) is 20.0 Å². The third-order valence-electron chi connectivity index (χ3n) is 4.64. The molecule has 0 spiro atoms. The van der Waals surface area contributed by atoms with E-state index in [1.807, 2.05) is 49.1 Å². The van der Waals surface area contributed by atoms with Crippen LogP contribution in [0.3, 0.4) is 0 Å². The van der Waals surface area contributed by atoms with Crippen molar-refractivity contribution in [2.45, 2.75) is 20.4 Å². The van der Waals surface area contributed by atoms with E-state index < -0.39 is 0 Å². The standard InChI is InChI=1S/C19H30N4O2/c1-3-23(4-2)19(25)16-22-12-10-21(11-13-22)15-18(24)20-14-17-8-6-5-7-9-17/h5-9H,3-4,10-16H2,1-2H3,(H,20,24). The summed E-state index contributed by atoms with van der Waals surface area (Å²) in [4.78, 5) is 30.4. The molecule has 0 bridgehead atoms. The van der Waals surface area contributed by atoms with Crippen LogP contribution >= 0.6 is 0 Å². The van der Waals surface area contributed by atoms with Crippen molar-refractivity contribution in [3.8, 4) is 0 Å². The monoisotopic (exact) mass is 346 g/mol. The quantitative estimate of drug-likeness (QED) is 0.756. The zero-order valence-corrected chi connectivity index (χ0v) is 15.4. The van der Waals surface area contributed by atoms with Crippen LogP contribution in [0, 0.1) is 0 Å². The van der Waals surface area contributed by atoms with Crippen LogP contribution in [0.4, 0.5) is 0 Å². The molecule has 1 saturated heterocycles. The van der Waals surface area contributed by atoms with Gasteiger partial charge in [-0.3, -0.25) is 19.4 Å². The van der Waals surface area contributed by atoms with Gasteiger partial charge in [-0.05, 0) is 19.4 Å². The van der Waals surface area contributed by atoms with E-state index >= 15 is 0 Å². The smallest absolute Gasteiger partial charge is 0.236 e. The van der Waals surface area contributed by atoms with Gasteiger partial charge in [-0.15, -0.1) is 0 Å². The molecule has 0 aromatic heterocycles. The lowest BCUT2D eigenvalue weighted by molar-refractivity contribution is -0.133. The first-order chi connectivity index (χ1) is 12.1. The van der Waals surface area contributed by atoms with E-state index in [0.717, 1.165) is 44.8 Å². The van der Waals surface area contributed by atoms with Crippen molar-refractivity contribution >= 4 is 11.8 Å². The number of piperazine rings is 1. The van der Waals surface area contributed by atoms with Gasteiger partial charge in [-0.1, -0.05) is 30.3 Å². The molecular formula is C19H30N4O2. The lowest BCUT2D eigenvalue weighted by atomic mass is 10.2. The minimum Gasteiger partial charge on any atom is -0.351 e. The molecule has 0 radical (unpaired) electrons. The number of nitrogens with one attached hydrogen (secondary N) is 1. The molecule has 0 aliphatic carbocycles. The fraction of sp³-hybridized carbons (Fsp3) is 0.579. The van der Waals surface area contributed by atoms with E-state index in [1.165, 1.54) is 0 Å². The Labute approximate surface area is 150 Å². The molecule has 1 aromatic carbocycles. The van der Waals surface area contributed by atoms with Crippen molar-refractivity contribution in [3.63, 3.8) is 0 Å². The second kappa shape index (κ2) is 10.2. The van der Waals surface area contributed by atoms with E-state index in [2.05, 4.69) is 15.1 Å². The molecule has 0 saturated carbocycles. The average Bonchev–Trinajstić information content (AvgIpc) is 2.63. The predicted molar refractivity (Wildman–Crippen MR) is 99.1 cm³/mol. The summed E-state index contributed by atoms with van der Waals surface area (Å²) in [6.45, 7) is 10.3. The Hall–Kier alpha value is -1.92. The van der Waals surface area contributed by atoms with E-state index in [0.29, 0.717) is 19.6 Å². The Morgan fingerprint density at radius 3 is 2.08 bits per heavy atom. The average molecular weight is 346 g/mol. The van der Waals surface area contributed by atoms with Gasteiger partial charge in [-0.2, -0.15) is 0 Å². The number of rotatable bonds is 8. The van der Waals surface area contributed by atoms with Gasteiger partial charge in [0.05, 0.1) is 13.1 Å². The molecule has 2 amide bonds. The maximum absolute atomic E-state index is 12.2. The summed E-state index contributed by atoms with van der Waals surface area (Å²) in [7, 11) is 0. The van der Waals surface area contributed by atoms with E-state index in [1.54, 1.807) is 0 Å². The number of benzene rings is 1. The molecule has 1 heterocycles. The van der Waals surface area contributed by atoms with Crippen LogP contribution in [0.5, 0.6) is 0 Å². The van der Waals surface area contributed by atoms with Crippen LogP contribution in [-0.4, -0.2) is 78.9 Å². The third-order valence-corrected chi connectivity index (χ3v) is 4.64. The molecule has 1 aliphatic rings. The number of likely N-dealkylation sites (N-methyl/N-ethyl adjacent to an activating group) is 1. The summed E-state index contributed by atoms with van der Waals surface area (Å²) in [6.07, 6.45) is 0. The molecule has 1 fully saturated rings. The third kappa shape index (κ3) is 6.48. The first-order valence-corrected chi connectivity index (χ1v) is 9.15. The number of carbonyl (C=O) groups is 2. The molecule has 0 atom stereocenters. The highest BCUT2D eigenvalue weighted by atomic mass is 16.2. The minimum atomic E-state index is 0.0523. The maximum atomic E-state index is 12.2. The van der Waals surface area contributed by atoms with Crippen LogP contribution in [0.15, 0.2) is 30.3 Å². The summed E-state index contributed by atoms with van der Waals surface area (Å²) >= 11 is 0. The van der Waals surface area contributed by atoms with Crippen molar-refractivity contribution in [3.05, 3.63) is 35.9 Å². The van der Waals surface area contributed by atoms with Crippen molar-refractivity contribution in [2.24, 2.45) is 0 Å². The fourth-order valence-electron chi connectivity index (χ4n) is 3.03. The lowest BCUT2D eigenvalue weighted by Crippen LogP contribution is -2.51. The number of amides is 2. The molecule has 1 aromatic rings. The predicted octanol–water partition coefficient (Wildman–Crippen LogP) is 0.789. The molecule has 0 unspecified atom stereocenters. The van der Waals surface area contributed by atoms with Crippen LogP contribution in [0.25, 0.3) is 0 Å². The van der Waals surface area contributed by atoms with Gasteiger partial charge in [0.1, 0.15) is 0 Å². The number of carbonyl (C=O) groups excluding carboxylic acids is 2. The van der Waals surface area contributed by atoms with Crippen molar-refractivity contribution < 1.29 is 9.59 Å². The van der Waals surface area contributed by atoms with Crippen LogP contribution < -0.4 is 5.32 Å². The summed E-state index contributed by atoms with van der Waals surface area (Å²) in [6, 6.07) is 9.92. The SMILES string of the molecule is CCN(CC)C(=O)CN1CCN(CC(=O)NCc2ccccc2)CC1. The first kappa shape index (κ1) is 19.4. The highest BCUT2D eigenvalue weighted by molar-refractivity contribution is 5.78. The molecule has 2 rings (SSSR count). The first-order valence-electron chi connectivity index (χ1n) is 9.15. The van der Waals surface area contributed by atoms with Gasteiger partial charge in [0.25, 0.3) is 0 Å². The summed E-state index contributed by atoms with van der Waals surface area (Å²) < 4.78 is 0. The second-order valence-corrected chi connectivity index (χ2v) is 6.38. The van der Waals surface area contributed by atoms with E-state index in [9.17, 15) is 9.59 Å². The Bertz CT molecular complexity index is 538. The van der Waals surface area contributed by atoms with E-state index in [-0.39, 0.29) is 11.8 Å². The molecule has 6 nitrogen and oxygen atoms in total. The maximum Gasteiger partial charge on any atom is 0.236 e. The normalized spacial score (nSPS) is 15.8. The van der Waals surface area contributed by atoms with Crippen LogP contribution in [-0.2, 0) is 16.1 Å². The van der Waals surface area contributed by atoms with Gasteiger partial charge in [0, 0.05) is 45.8 Å². The highest BCUT2D eigenvalue weighted by Crippen LogP contribution is 2.03. The topological polar surface area (TPSA) is 55.9 Å². The van der Waals surface area contributed by atoms with Crippen molar-refractivity contribution in [2.75, 3.05) is 52.4 Å². The summed E-state index contributed by atoms with van der Waals surface area (Å²) in [5.74, 6) is 0.246. The van der Waals surface area contributed by atoms with Crippen LogP contribution in [0.2, 0.25) is 0 Å². The molecule has 138 valence electrons.